The van der Waals surface area contributed by atoms with Crippen molar-refractivity contribution in [1.29, 1.82) is 5.26 Å². The Morgan fingerprint density at radius 3 is 2.25 bits per heavy atom. The number of nitrogens with zero attached hydrogens (tertiary/aromatic N) is 1. The topological polar surface area (TPSA) is 33.0 Å². The molecule has 0 N–H and O–H groups in total. The molecule has 0 unspecified atom stereocenters. The van der Waals surface area contributed by atoms with Crippen LogP contribution >= 0.6 is 0 Å². The highest BCUT2D eigenvalue weighted by atomic mass is 19.1. The fraction of sp³-hybridized carbons (Fsp3) is 0. The van der Waals surface area contributed by atoms with Crippen LogP contribution in [0.4, 0.5) is 4.39 Å². The Kier molecular flexibility index (Phi) is 3.06. The van der Waals surface area contributed by atoms with Crippen molar-refractivity contribution in [3.8, 4) is 17.6 Å². The predicted octanol–water partition coefficient (Wildman–Crippen LogP) is 4.64. The lowest BCUT2D eigenvalue weighted by Gasteiger charge is -2.09. The largest absolute Gasteiger partial charge is 0.457 e. The van der Waals surface area contributed by atoms with Crippen molar-refractivity contribution in [1.82, 2.24) is 0 Å². The van der Waals surface area contributed by atoms with Crippen LogP contribution in [0.15, 0.2) is 60.7 Å². The normalized spacial score (nSPS) is 10.2. The van der Waals surface area contributed by atoms with Gasteiger partial charge in [0, 0.05) is 10.8 Å². The molecule has 0 aliphatic carbocycles. The molecule has 3 aromatic carbocycles. The van der Waals surface area contributed by atoms with E-state index in [2.05, 4.69) is 6.07 Å². The molecule has 0 amide bonds. The van der Waals surface area contributed by atoms with E-state index in [4.69, 9.17) is 10.00 Å². The highest BCUT2D eigenvalue weighted by molar-refractivity contribution is 5.92. The van der Waals surface area contributed by atoms with E-state index in [1.54, 1.807) is 24.3 Å². The lowest BCUT2D eigenvalue weighted by atomic mass is 10.0. The molecule has 3 aromatic rings. The Hall–Kier alpha value is -2.86. The number of rotatable bonds is 2. The number of ether oxygens (including phenoxy) is 1. The smallest absolute Gasteiger partial charge is 0.135 e. The molecule has 2 nitrogen and oxygen atoms in total. The van der Waals surface area contributed by atoms with Crippen LogP contribution < -0.4 is 4.74 Å². The van der Waals surface area contributed by atoms with Crippen molar-refractivity contribution in [2.75, 3.05) is 0 Å². The van der Waals surface area contributed by atoms with Gasteiger partial charge in [0.15, 0.2) is 0 Å². The summed E-state index contributed by atoms with van der Waals surface area (Å²) in [4.78, 5) is 0. The zero-order valence-electron chi connectivity index (χ0n) is 10.5. The molecular weight excluding hydrogens is 253 g/mol. The van der Waals surface area contributed by atoms with Crippen molar-refractivity contribution in [2.45, 2.75) is 0 Å². The second kappa shape index (κ2) is 5.02. The van der Waals surface area contributed by atoms with E-state index in [-0.39, 0.29) is 5.82 Å². The van der Waals surface area contributed by atoms with Crippen molar-refractivity contribution >= 4 is 10.8 Å². The van der Waals surface area contributed by atoms with Gasteiger partial charge in [-0.2, -0.15) is 5.26 Å². The third-order valence-corrected chi connectivity index (χ3v) is 3.05. The number of hydrogen-bond acceptors (Lipinski definition) is 2. The van der Waals surface area contributed by atoms with Gasteiger partial charge < -0.3 is 4.74 Å². The van der Waals surface area contributed by atoms with Gasteiger partial charge in [-0.15, -0.1) is 0 Å². The van der Waals surface area contributed by atoms with E-state index < -0.39 is 0 Å². The first kappa shape index (κ1) is 12.2. The van der Waals surface area contributed by atoms with Crippen molar-refractivity contribution in [3.63, 3.8) is 0 Å². The van der Waals surface area contributed by atoms with Crippen LogP contribution in [0.5, 0.6) is 11.5 Å². The van der Waals surface area contributed by atoms with Crippen molar-refractivity contribution < 1.29 is 9.13 Å². The van der Waals surface area contributed by atoms with E-state index in [9.17, 15) is 4.39 Å². The fourth-order valence-corrected chi connectivity index (χ4v) is 2.09. The minimum Gasteiger partial charge on any atom is -0.457 e. The maximum Gasteiger partial charge on any atom is 0.135 e. The number of halogens is 1. The lowest BCUT2D eigenvalue weighted by Crippen LogP contribution is -1.88. The first-order valence-electron chi connectivity index (χ1n) is 6.13. The SMILES string of the molecule is N#Cc1ccc(Oc2ccc(F)cc2)c2ccccc12. The third kappa shape index (κ3) is 2.19. The number of benzene rings is 3. The molecule has 0 saturated heterocycles. The molecule has 0 aliphatic heterocycles. The van der Waals surface area contributed by atoms with Crippen LogP contribution in [0, 0.1) is 17.1 Å². The standard InChI is InChI=1S/C17H10FNO/c18-13-6-8-14(9-7-13)20-17-10-5-12(11-19)15-3-1-2-4-16(15)17/h1-10H. The van der Waals surface area contributed by atoms with Gasteiger partial charge in [-0.05, 0) is 36.4 Å². The maximum absolute atomic E-state index is 12.9. The summed E-state index contributed by atoms with van der Waals surface area (Å²) in [5, 5.41) is 10.8. The molecule has 0 atom stereocenters. The quantitative estimate of drug-likeness (QED) is 0.674. The highest BCUT2D eigenvalue weighted by Crippen LogP contribution is 2.31. The van der Waals surface area contributed by atoms with Crippen molar-refractivity contribution in [3.05, 3.63) is 72.0 Å². The Balaban J connectivity index is 2.09. The van der Waals surface area contributed by atoms with Crippen LogP contribution in [0.25, 0.3) is 10.8 Å². The molecule has 0 aromatic heterocycles. The maximum atomic E-state index is 12.9. The van der Waals surface area contributed by atoms with Crippen LogP contribution in [-0.4, -0.2) is 0 Å². The molecule has 3 rings (SSSR count). The first-order valence-corrected chi connectivity index (χ1v) is 6.13. The van der Waals surface area contributed by atoms with E-state index in [0.717, 1.165) is 10.8 Å². The summed E-state index contributed by atoms with van der Waals surface area (Å²) in [7, 11) is 0. The summed E-state index contributed by atoms with van der Waals surface area (Å²) in [6, 6.07) is 19.0. The van der Waals surface area contributed by atoms with Gasteiger partial charge in [0.05, 0.1) is 11.6 Å². The Morgan fingerprint density at radius 1 is 0.850 bits per heavy atom. The van der Waals surface area contributed by atoms with Gasteiger partial charge in [0.1, 0.15) is 17.3 Å². The molecule has 0 saturated carbocycles. The molecule has 0 bridgehead atoms. The minimum atomic E-state index is -0.304. The predicted molar refractivity (Wildman–Crippen MR) is 75.1 cm³/mol. The molecule has 0 fully saturated rings. The van der Waals surface area contributed by atoms with Crippen LogP contribution in [0.1, 0.15) is 5.56 Å². The summed E-state index contributed by atoms with van der Waals surface area (Å²) < 4.78 is 18.7. The van der Waals surface area contributed by atoms with E-state index in [0.29, 0.717) is 17.1 Å². The zero-order valence-corrected chi connectivity index (χ0v) is 10.5. The summed E-state index contributed by atoms with van der Waals surface area (Å²) in [5.74, 6) is 0.898. The summed E-state index contributed by atoms with van der Waals surface area (Å²) in [6.07, 6.45) is 0. The molecule has 20 heavy (non-hydrogen) atoms. The van der Waals surface area contributed by atoms with Crippen LogP contribution in [-0.2, 0) is 0 Å². The average molecular weight is 263 g/mol. The van der Waals surface area contributed by atoms with Gasteiger partial charge in [-0.25, -0.2) is 4.39 Å². The molecule has 0 heterocycles. The second-order valence-corrected chi connectivity index (χ2v) is 4.32. The zero-order chi connectivity index (χ0) is 13.9. The van der Waals surface area contributed by atoms with E-state index in [1.165, 1.54) is 12.1 Å². The molecular formula is C17H10FNO. The molecule has 96 valence electrons. The van der Waals surface area contributed by atoms with Crippen molar-refractivity contribution in [2.24, 2.45) is 0 Å². The number of nitriles is 1. The van der Waals surface area contributed by atoms with Gasteiger partial charge in [0.2, 0.25) is 0 Å². The van der Waals surface area contributed by atoms with Gasteiger partial charge in [-0.3, -0.25) is 0 Å². The molecule has 0 aliphatic rings. The Bertz CT molecular complexity index is 803. The van der Waals surface area contributed by atoms with E-state index >= 15 is 0 Å². The molecule has 3 heteroatoms. The highest BCUT2D eigenvalue weighted by Gasteiger charge is 2.07. The lowest BCUT2D eigenvalue weighted by molar-refractivity contribution is 0.486. The number of fused-ring (bicyclic) bond motifs is 1. The minimum absolute atomic E-state index is 0.304. The van der Waals surface area contributed by atoms with Crippen LogP contribution in [0.3, 0.4) is 0 Å². The molecule has 0 radical (unpaired) electrons. The van der Waals surface area contributed by atoms with Crippen LogP contribution in [0.2, 0.25) is 0 Å². The Labute approximate surface area is 115 Å². The fourth-order valence-electron chi connectivity index (χ4n) is 2.09. The first-order chi connectivity index (χ1) is 9.78. The third-order valence-electron chi connectivity index (χ3n) is 3.05. The Morgan fingerprint density at radius 2 is 1.55 bits per heavy atom. The average Bonchev–Trinajstić information content (AvgIpc) is 2.50. The van der Waals surface area contributed by atoms with Gasteiger partial charge in [-0.1, -0.05) is 24.3 Å². The summed E-state index contributed by atoms with van der Waals surface area (Å²) in [5.41, 5.74) is 0.604. The number of hydrogen-bond donors (Lipinski definition) is 0. The summed E-state index contributed by atoms with van der Waals surface area (Å²) in [6.45, 7) is 0. The molecule has 0 spiro atoms. The monoisotopic (exact) mass is 263 g/mol. The second-order valence-electron chi connectivity index (χ2n) is 4.32. The van der Waals surface area contributed by atoms with Gasteiger partial charge in [0.25, 0.3) is 0 Å². The van der Waals surface area contributed by atoms with Gasteiger partial charge >= 0.3 is 0 Å². The summed E-state index contributed by atoms with van der Waals surface area (Å²) >= 11 is 0. The van der Waals surface area contributed by atoms with E-state index in [1.807, 2.05) is 24.3 Å².